The molecule has 26 heavy (non-hydrogen) atoms. The van der Waals surface area contributed by atoms with Crippen LogP contribution in [0.3, 0.4) is 0 Å². The molecule has 0 bridgehead atoms. The van der Waals surface area contributed by atoms with E-state index in [1.54, 1.807) is 16.4 Å². The van der Waals surface area contributed by atoms with Gasteiger partial charge in [0.25, 0.3) is 0 Å². The van der Waals surface area contributed by atoms with Crippen molar-refractivity contribution in [1.29, 1.82) is 0 Å². The molecule has 0 N–H and O–H groups in total. The fourth-order valence-corrected chi connectivity index (χ4v) is 4.75. The van der Waals surface area contributed by atoms with Gasteiger partial charge in [-0.15, -0.1) is 0 Å². The Morgan fingerprint density at radius 2 is 1.58 bits per heavy atom. The second-order valence-electron chi connectivity index (χ2n) is 7.07. The minimum absolute atomic E-state index is 0.139. The summed E-state index contributed by atoms with van der Waals surface area (Å²) in [7, 11) is -3.48. The highest BCUT2D eigenvalue weighted by Gasteiger charge is 2.46. The van der Waals surface area contributed by atoms with Crippen LogP contribution in [0.25, 0.3) is 0 Å². The zero-order valence-corrected chi connectivity index (χ0v) is 17.1. The number of sulfonamides is 1. The first-order valence-corrected chi connectivity index (χ1v) is 11.2. The van der Waals surface area contributed by atoms with Crippen LogP contribution in [0.4, 0.5) is 0 Å². The van der Waals surface area contributed by atoms with Gasteiger partial charge >= 0.3 is 0 Å². The molecule has 0 radical (unpaired) electrons. The van der Waals surface area contributed by atoms with E-state index in [1.807, 2.05) is 19.1 Å². The molecule has 5 nitrogen and oxygen atoms in total. The summed E-state index contributed by atoms with van der Waals surface area (Å²) in [6.07, 6.45) is 4.20. The molecule has 2 rings (SSSR count). The Balaban J connectivity index is 2.01. The van der Waals surface area contributed by atoms with Crippen LogP contribution in [0.5, 0.6) is 0 Å². The molecule has 1 heterocycles. The molecule has 148 valence electrons. The molecule has 1 aliphatic heterocycles. The van der Waals surface area contributed by atoms with Crippen LogP contribution in [0, 0.1) is 12.8 Å². The van der Waals surface area contributed by atoms with Crippen molar-refractivity contribution in [2.75, 3.05) is 33.0 Å². The van der Waals surface area contributed by atoms with Gasteiger partial charge in [0.2, 0.25) is 10.0 Å². The van der Waals surface area contributed by atoms with Crippen LogP contribution in [0.1, 0.15) is 45.1 Å². The van der Waals surface area contributed by atoms with Gasteiger partial charge in [0.15, 0.2) is 0 Å². The normalized spacial score (nSPS) is 20.9. The summed E-state index contributed by atoms with van der Waals surface area (Å²) in [6.45, 7) is 9.15. The molecule has 6 heteroatoms. The van der Waals surface area contributed by atoms with Crippen LogP contribution in [-0.4, -0.2) is 51.7 Å². The van der Waals surface area contributed by atoms with Crippen molar-refractivity contribution in [3.63, 3.8) is 0 Å². The highest BCUT2D eigenvalue weighted by atomic mass is 32.2. The monoisotopic (exact) mass is 383 g/mol. The number of rotatable bonds is 12. The second-order valence-corrected chi connectivity index (χ2v) is 8.96. The van der Waals surface area contributed by atoms with E-state index in [1.165, 1.54) is 0 Å². The number of hydrogen-bond donors (Lipinski definition) is 0. The predicted molar refractivity (Wildman–Crippen MR) is 104 cm³/mol. The topological polar surface area (TPSA) is 55.8 Å². The van der Waals surface area contributed by atoms with Crippen LogP contribution < -0.4 is 0 Å². The first-order valence-electron chi connectivity index (χ1n) is 9.74. The van der Waals surface area contributed by atoms with Gasteiger partial charge in [0, 0.05) is 25.7 Å². The summed E-state index contributed by atoms with van der Waals surface area (Å²) in [6, 6.07) is 6.91. The highest BCUT2D eigenvalue weighted by molar-refractivity contribution is 7.89. The lowest BCUT2D eigenvalue weighted by Gasteiger charge is -2.46. The SMILES string of the molecule is CCCCOCC1CN(S(=O)(=O)c2ccc(C)cc2)C1COCCCC. The Morgan fingerprint density at radius 3 is 2.15 bits per heavy atom. The maximum Gasteiger partial charge on any atom is 0.243 e. The van der Waals surface area contributed by atoms with Crippen LogP contribution in [-0.2, 0) is 19.5 Å². The molecule has 0 aliphatic carbocycles. The lowest BCUT2D eigenvalue weighted by atomic mass is 9.93. The largest absolute Gasteiger partial charge is 0.381 e. The number of benzene rings is 1. The van der Waals surface area contributed by atoms with Crippen LogP contribution in [0.2, 0.25) is 0 Å². The molecule has 0 spiro atoms. The summed E-state index contributed by atoms with van der Waals surface area (Å²) in [5.74, 6) is 0.203. The number of aryl methyl sites for hydroxylation is 1. The Morgan fingerprint density at radius 1 is 1.00 bits per heavy atom. The maximum absolute atomic E-state index is 13.0. The molecule has 0 amide bonds. The van der Waals surface area contributed by atoms with Gasteiger partial charge in [-0.1, -0.05) is 44.4 Å². The summed E-state index contributed by atoms with van der Waals surface area (Å²) in [5, 5.41) is 0. The third-order valence-electron chi connectivity index (χ3n) is 4.86. The van der Waals surface area contributed by atoms with Gasteiger partial charge in [-0.25, -0.2) is 8.42 Å². The predicted octanol–water partition coefficient (Wildman–Crippen LogP) is 3.62. The molecular formula is C20H33NO4S. The Kier molecular flexibility index (Phi) is 8.54. The summed E-state index contributed by atoms with van der Waals surface area (Å²) < 4.78 is 39.0. The molecular weight excluding hydrogens is 350 g/mol. The molecule has 2 unspecified atom stereocenters. The molecule has 1 aliphatic rings. The van der Waals surface area contributed by atoms with Gasteiger partial charge in [-0.2, -0.15) is 4.31 Å². The third-order valence-corrected chi connectivity index (χ3v) is 6.77. The average Bonchev–Trinajstić information content (AvgIpc) is 2.60. The van der Waals surface area contributed by atoms with Gasteiger partial charge in [-0.3, -0.25) is 0 Å². The summed E-state index contributed by atoms with van der Waals surface area (Å²) in [4.78, 5) is 0.354. The average molecular weight is 384 g/mol. The Hall–Kier alpha value is -0.950. The number of nitrogens with zero attached hydrogens (tertiary/aromatic N) is 1. The van der Waals surface area contributed by atoms with E-state index in [0.29, 0.717) is 31.3 Å². The lowest BCUT2D eigenvalue weighted by molar-refractivity contribution is -0.0344. The fourth-order valence-electron chi connectivity index (χ4n) is 3.02. The van der Waals surface area contributed by atoms with E-state index in [-0.39, 0.29) is 12.0 Å². The van der Waals surface area contributed by atoms with E-state index in [2.05, 4.69) is 13.8 Å². The summed E-state index contributed by atoms with van der Waals surface area (Å²) >= 11 is 0. The molecule has 1 aromatic rings. The fraction of sp³-hybridized carbons (Fsp3) is 0.700. The smallest absolute Gasteiger partial charge is 0.243 e. The quantitative estimate of drug-likeness (QED) is 0.517. The zero-order valence-electron chi connectivity index (χ0n) is 16.3. The first-order chi connectivity index (χ1) is 12.5. The minimum atomic E-state index is -3.48. The van der Waals surface area contributed by atoms with Crippen molar-refractivity contribution >= 4 is 10.0 Å². The van der Waals surface area contributed by atoms with E-state index in [0.717, 1.165) is 37.9 Å². The first kappa shape index (κ1) is 21.4. The Bertz CT molecular complexity index is 630. The van der Waals surface area contributed by atoms with E-state index in [4.69, 9.17) is 9.47 Å². The van der Waals surface area contributed by atoms with Gasteiger partial charge in [0.05, 0.1) is 24.2 Å². The van der Waals surface area contributed by atoms with E-state index in [9.17, 15) is 8.42 Å². The van der Waals surface area contributed by atoms with Crippen LogP contribution >= 0.6 is 0 Å². The molecule has 1 saturated heterocycles. The van der Waals surface area contributed by atoms with Crippen molar-refractivity contribution in [2.24, 2.45) is 5.92 Å². The minimum Gasteiger partial charge on any atom is -0.381 e. The third kappa shape index (κ3) is 5.52. The number of ether oxygens (including phenoxy) is 2. The van der Waals surface area contributed by atoms with Gasteiger partial charge in [-0.05, 0) is 31.9 Å². The molecule has 0 aromatic heterocycles. The molecule has 1 fully saturated rings. The number of hydrogen-bond acceptors (Lipinski definition) is 4. The van der Waals surface area contributed by atoms with Crippen LogP contribution in [0.15, 0.2) is 29.2 Å². The van der Waals surface area contributed by atoms with Crippen molar-refractivity contribution < 1.29 is 17.9 Å². The van der Waals surface area contributed by atoms with Crippen molar-refractivity contribution in [1.82, 2.24) is 4.31 Å². The van der Waals surface area contributed by atoms with E-state index < -0.39 is 10.0 Å². The Labute approximate surface area is 158 Å². The highest BCUT2D eigenvalue weighted by Crippen LogP contribution is 2.32. The van der Waals surface area contributed by atoms with Crippen molar-refractivity contribution in [2.45, 2.75) is 57.4 Å². The van der Waals surface area contributed by atoms with Crippen molar-refractivity contribution in [3.8, 4) is 0 Å². The number of unbranched alkanes of at least 4 members (excludes halogenated alkanes) is 2. The molecule has 0 saturated carbocycles. The second kappa shape index (κ2) is 10.4. The maximum atomic E-state index is 13.0. The van der Waals surface area contributed by atoms with Gasteiger partial charge < -0.3 is 9.47 Å². The van der Waals surface area contributed by atoms with Crippen molar-refractivity contribution in [3.05, 3.63) is 29.8 Å². The molecule has 1 aromatic carbocycles. The van der Waals surface area contributed by atoms with Gasteiger partial charge in [0.1, 0.15) is 0 Å². The standard InChI is InChI=1S/C20H33NO4S/c1-4-6-12-24-15-18-14-21(20(18)16-25-13-7-5-2)26(22,23)19-10-8-17(3)9-11-19/h8-11,18,20H,4-7,12-16H2,1-3H3. The lowest BCUT2D eigenvalue weighted by Crippen LogP contribution is -2.61. The van der Waals surface area contributed by atoms with E-state index >= 15 is 0 Å². The molecule has 2 atom stereocenters. The zero-order chi connectivity index (χ0) is 19.0. The summed E-state index contributed by atoms with van der Waals surface area (Å²) in [5.41, 5.74) is 1.05.